The first-order valence-corrected chi connectivity index (χ1v) is 9.52. The van der Waals surface area contributed by atoms with E-state index >= 15 is 0 Å². The molecule has 0 spiro atoms. The highest BCUT2D eigenvalue weighted by Crippen LogP contribution is 2.39. The second kappa shape index (κ2) is 6.77. The van der Waals surface area contributed by atoms with Gasteiger partial charge in [-0.1, -0.05) is 78.9 Å². The Labute approximate surface area is 160 Å². The molecule has 0 fully saturated rings. The van der Waals surface area contributed by atoms with Crippen LogP contribution in [0.2, 0.25) is 0 Å². The van der Waals surface area contributed by atoms with Gasteiger partial charge in [0.15, 0.2) is 0 Å². The number of para-hydroxylation sites is 1. The highest BCUT2D eigenvalue weighted by Gasteiger charge is 2.16. The maximum absolute atomic E-state index is 3.52. The van der Waals surface area contributed by atoms with Crippen molar-refractivity contribution in [1.29, 1.82) is 0 Å². The minimum absolute atomic E-state index is 1.11. The van der Waals surface area contributed by atoms with Crippen LogP contribution in [0.4, 0.5) is 5.69 Å². The first-order valence-electron chi connectivity index (χ1n) is 9.52. The quantitative estimate of drug-likeness (QED) is 0.467. The third-order valence-electron chi connectivity index (χ3n) is 5.37. The van der Waals surface area contributed by atoms with E-state index in [0.717, 1.165) is 18.5 Å². The Morgan fingerprint density at radius 2 is 1.44 bits per heavy atom. The Bertz CT molecular complexity index is 1100. The Hall–Kier alpha value is -3.32. The monoisotopic (exact) mass is 347 g/mol. The molecule has 0 saturated heterocycles. The van der Waals surface area contributed by atoms with E-state index in [1.165, 1.54) is 38.9 Å². The van der Waals surface area contributed by atoms with Gasteiger partial charge in [-0.3, -0.25) is 0 Å². The van der Waals surface area contributed by atoms with E-state index in [-0.39, 0.29) is 0 Å². The van der Waals surface area contributed by atoms with Crippen molar-refractivity contribution in [1.82, 2.24) is 0 Å². The van der Waals surface area contributed by atoms with Gasteiger partial charge < -0.3 is 5.32 Å². The SMILES string of the molecule is C1=Cc2c(ccc3c2-c2ccccc2N/C=C/c2ccccc2/C=C\3)CC1. The summed E-state index contributed by atoms with van der Waals surface area (Å²) >= 11 is 0. The highest BCUT2D eigenvalue weighted by atomic mass is 14.8. The van der Waals surface area contributed by atoms with Crippen molar-refractivity contribution in [2.45, 2.75) is 12.8 Å². The van der Waals surface area contributed by atoms with Gasteiger partial charge in [-0.25, -0.2) is 0 Å². The number of nitrogens with one attached hydrogen (secondary N) is 1. The molecule has 1 N–H and O–H groups in total. The molecule has 130 valence electrons. The normalized spacial score (nSPS) is 16.6. The van der Waals surface area contributed by atoms with Crippen molar-refractivity contribution >= 4 is 30.0 Å². The van der Waals surface area contributed by atoms with Crippen molar-refractivity contribution in [3.05, 3.63) is 101 Å². The van der Waals surface area contributed by atoms with Crippen LogP contribution in [0, 0.1) is 0 Å². The summed E-state index contributed by atoms with van der Waals surface area (Å²) in [4.78, 5) is 0. The fourth-order valence-electron chi connectivity index (χ4n) is 4.01. The Morgan fingerprint density at radius 3 is 2.37 bits per heavy atom. The summed E-state index contributed by atoms with van der Waals surface area (Å²) in [5, 5.41) is 3.52. The molecule has 0 saturated carbocycles. The van der Waals surface area contributed by atoms with Crippen molar-refractivity contribution in [3.8, 4) is 11.1 Å². The lowest BCUT2D eigenvalue weighted by molar-refractivity contribution is 0.986. The van der Waals surface area contributed by atoms with Crippen LogP contribution < -0.4 is 5.32 Å². The van der Waals surface area contributed by atoms with Gasteiger partial charge >= 0.3 is 0 Å². The van der Waals surface area contributed by atoms with Gasteiger partial charge in [0.25, 0.3) is 0 Å². The summed E-state index contributed by atoms with van der Waals surface area (Å²) in [5.74, 6) is 0. The zero-order valence-electron chi connectivity index (χ0n) is 15.2. The van der Waals surface area contributed by atoms with Gasteiger partial charge in [-0.05, 0) is 58.4 Å². The molecule has 2 aliphatic rings. The average Bonchev–Trinajstić information content (AvgIpc) is 2.75. The molecule has 0 unspecified atom stereocenters. The van der Waals surface area contributed by atoms with Crippen molar-refractivity contribution in [2.24, 2.45) is 0 Å². The first kappa shape index (κ1) is 15.9. The molecule has 3 aromatic rings. The standard InChI is InChI=1S/C26H21N/c1-2-8-20-17-18-27-25-12-6-5-11-24(25)26-22(15-13-19(20)7-1)16-14-21-9-3-4-10-23(21)26/h1-2,4-8,10-18,27H,3,9H2/b15-13-,18-17+. The lowest BCUT2D eigenvalue weighted by Crippen LogP contribution is -2.00. The lowest BCUT2D eigenvalue weighted by Gasteiger charge is -2.20. The van der Waals surface area contributed by atoms with Crippen LogP contribution in [0.15, 0.2) is 72.9 Å². The summed E-state index contributed by atoms with van der Waals surface area (Å²) < 4.78 is 0. The maximum Gasteiger partial charge on any atom is 0.0459 e. The van der Waals surface area contributed by atoms with Crippen LogP contribution in [0.25, 0.3) is 35.4 Å². The second-order valence-corrected chi connectivity index (χ2v) is 7.03. The molecule has 1 heterocycles. The minimum atomic E-state index is 1.11. The third kappa shape index (κ3) is 2.92. The van der Waals surface area contributed by atoms with Crippen molar-refractivity contribution in [2.75, 3.05) is 5.32 Å². The van der Waals surface area contributed by atoms with E-state index in [2.05, 4.69) is 96.4 Å². The Kier molecular flexibility index (Phi) is 3.99. The number of fused-ring (bicyclic) bond motifs is 6. The van der Waals surface area contributed by atoms with Crippen LogP contribution in [0.5, 0.6) is 0 Å². The predicted octanol–water partition coefficient (Wildman–Crippen LogP) is 6.88. The molecule has 0 radical (unpaired) electrons. The van der Waals surface area contributed by atoms with E-state index in [1.807, 2.05) is 6.20 Å². The largest absolute Gasteiger partial charge is 0.361 e. The molecule has 1 heteroatoms. The number of aryl methyl sites for hydroxylation is 1. The van der Waals surface area contributed by atoms with Gasteiger partial charge in [0, 0.05) is 17.5 Å². The molecule has 0 bridgehead atoms. The van der Waals surface area contributed by atoms with Gasteiger partial charge in [0.1, 0.15) is 0 Å². The molecule has 1 nitrogen and oxygen atoms in total. The number of hydrogen-bond donors (Lipinski definition) is 1. The molecular formula is C26H21N. The molecular weight excluding hydrogens is 326 g/mol. The van der Waals surface area contributed by atoms with Gasteiger partial charge in [0.2, 0.25) is 0 Å². The highest BCUT2D eigenvalue weighted by molar-refractivity contribution is 5.93. The van der Waals surface area contributed by atoms with Crippen LogP contribution in [0.3, 0.4) is 0 Å². The molecule has 1 aliphatic heterocycles. The molecule has 27 heavy (non-hydrogen) atoms. The second-order valence-electron chi connectivity index (χ2n) is 7.03. The van der Waals surface area contributed by atoms with Crippen molar-refractivity contribution < 1.29 is 0 Å². The van der Waals surface area contributed by atoms with Gasteiger partial charge in [0.05, 0.1) is 0 Å². The molecule has 0 amide bonds. The molecule has 5 rings (SSSR count). The first-order chi connectivity index (χ1) is 13.4. The van der Waals surface area contributed by atoms with Crippen LogP contribution >= 0.6 is 0 Å². The Balaban J connectivity index is 1.81. The summed E-state index contributed by atoms with van der Waals surface area (Å²) in [6, 6.07) is 21.6. The maximum atomic E-state index is 3.52. The fraction of sp³-hybridized carbons (Fsp3) is 0.0769. The summed E-state index contributed by atoms with van der Waals surface area (Å²) in [6.07, 6.45) is 15.5. The van der Waals surface area contributed by atoms with Gasteiger partial charge in [-0.2, -0.15) is 0 Å². The van der Waals surface area contributed by atoms with Crippen LogP contribution in [-0.4, -0.2) is 0 Å². The number of allylic oxidation sites excluding steroid dienone is 1. The Morgan fingerprint density at radius 1 is 0.667 bits per heavy atom. The van der Waals surface area contributed by atoms with Crippen molar-refractivity contribution in [3.63, 3.8) is 0 Å². The van der Waals surface area contributed by atoms with E-state index in [0.29, 0.717) is 0 Å². The van der Waals surface area contributed by atoms with Crippen LogP contribution in [-0.2, 0) is 6.42 Å². The lowest BCUT2D eigenvalue weighted by atomic mass is 9.86. The number of anilines is 1. The van der Waals surface area contributed by atoms with E-state index in [4.69, 9.17) is 0 Å². The minimum Gasteiger partial charge on any atom is -0.361 e. The zero-order valence-corrected chi connectivity index (χ0v) is 15.2. The van der Waals surface area contributed by atoms with Crippen LogP contribution in [0.1, 0.15) is 34.2 Å². The number of hydrogen-bond acceptors (Lipinski definition) is 1. The average molecular weight is 347 g/mol. The van der Waals surface area contributed by atoms with E-state index in [1.54, 1.807) is 0 Å². The summed E-state index contributed by atoms with van der Waals surface area (Å²) in [7, 11) is 0. The number of benzene rings is 3. The molecule has 3 aromatic carbocycles. The van der Waals surface area contributed by atoms with E-state index < -0.39 is 0 Å². The summed E-state index contributed by atoms with van der Waals surface area (Å²) in [5.41, 5.74) is 10.2. The fourth-order valence-corrected chi connectivity index (χ4v) is 4.01. The smallest absolute Gasteiger partial charge is 0.0459 e. The predicted molar refractivity (Wildman–Crippen MR) is 117 cm³/mol. The van der Waals surface area contributed by atoms with Gasteiger partial charge in [-0.15, -0.1) is 0 Å². The van der Waals surface area contributed by atoms with E-state index in [9.17, 15) is 0 Å². The summed E-state index contributed by atoms with van der Waals surface area (Å²) in [6.45, 7) is 0. The molecule has 1 aliphatic carbocycles. The zero-order chi connectivity index (χ0) is 18.1. The molecule has 0 aromatic heterocycles. The number of rotatable bonds is 0. The topological polar surface area (TPSA) is 12.0 Å². The molecule has 0 atom stereocenters. The third-order valence-corrected chi connectivity index (χ3v) is 5.37.